The third-order valence-corrected chi connectivity index (χ3v) is 3.78. The number of ether oxygens (including phenoxy) is 2. The first kappa shape index (κ1) is 25.7. The van der Waals surface area contributed by atoms with Gasteiger partial charge in [0, 0.05) is 18.7 Å². The zero-order valence-electron chi connectivity index (χ0n) is 17.4. The molecular weight excluding hydrogens is 411 g/mol. The highest BCUT2D eigenvalue weighted by Gasteiger charge is 2.28. The van der Waals surface area contributed by atoms with Gasteiger partial charge in [-0.25, -0.2) is 4.99 Å². The van der Waals surface area contributed by atoms with Crippen LogP contribution in [0.5, 0.6) is 11.5 Å². The molecule has 1 rings (SSSR count). The van der Waals surface area contributed by atoms with Crippen LogP contribution in [0.3, 0.4) is 0 Å². The first-order valence-electron chi connectivity index (χ1n) is 9.63. The van der Waals surface area contributed by atoms with Crippen LogP contribution in [0.25, 0.3) is 0 Å². The van der Waals surface area contributed by atoms with Crippen LogP contribution in [0.4, 0.5) is 22.0 Å². The fourth-order valence-electron chi connectivity index (χ4n) is 2.62. The van der Waals surface area contributed by atoms with E-state index in [-0.39, 0.29) is 24.6 Å². The number of rotatable bonds is 12. The van der Waals surface area contributed by atoms with E-state index in [0.29, 0.717) is 37.6 Å². The summed E-state index contributed by atoms with van der Waals surface area (Å²) in [5, 5.41) is 6.02. The van der Waals surface area contributed by atoms with Crippen LogP contribution < -0.4 is 20.1 Å². The Balaban J connectivity index is 2.73. The van der Waals surface area contributed by atoms with Crippen molar-refractivity contribution < 1.29 is 31.4 Å². The minimum atomic E-state index is -4.23. The van der Waals surface area contributed by atoms with Crippen LogP contribution >= 0.6 is 0 Å². The van der Waals surface area contributed by atoms with E-state index in [2.05, 4.69) is 20.4 Å². The van der Waals surface area contributed by atoms with E-state index in [1.54, 1.807) is 19.1 Å². The number of aliphatic imine (C=N–C) groups is 1. The smallest absolute Gasteiger partial charge is 0.401 e. The van der Waals surface area contributed by atoms with Gasteiger partial charge in [-0.05, 0) is 39.9 Å². The van der Waals surface area contributed by atoms with Crippen molar-refractivity contribution in [3.8, 4) is 11.5 Å². The molecule has 1 aromatic rings. The molecule has 6 nitrogen and oxygen atoms in total. The van der Waals surface area contributed by atoms with Crippen molar-refractivity contribution in [2.45, 2.75) is 39.6 Å². The molecule has 30 heavy (non-hydrogen) atoms. The monoisotopic (exact) mass is 440 g/mol. The fraction of sp³-hybridized carbons (Fsp3) is 0.632. The molecule has 1 aromatic carbocycles. The lowest BCUT2D eigenvalue weighted by molar-refractivity contribution is -0.143. The highest BCUT2D eigenvalue weighted by atomic mass is 19.4. The van der Waals surface area contributed by atoms with Crippen LogP contribution in [-0.4, -0.2) is 63.5 Å². The van der Waals surface area contributed by atoms with Crippen molar-refractivity contribution >= 4 is 5.96 Å². The Morgan fingerprint density at radius 1 is 1.20 bits per heavy atom. The summed E-state index contributed by atoms with van der Waals surface area (Å²) in [6.07, 6.45) is -3.76. The Kier molecular flexibility index (Phi) is 11.2. The quantitative estimate of drug-likeness (QED) is 0.225. The number of guanidine groups is 1. The summed E-state index contributed by atoms with van der Waals surface area (Å²) in [6, 6.07) is 4.81. The Morgan fingerprint density at radius 3 is 2.53 bits per heavy atom. The standard InChI is InChI=1S/C19H29F5N4O2/c1-4-25-18(26-10-7-11-28(3)13-19(22,23)24)27-12-14-8-6-9-15(29-5-2)16(14)30-17(20)21/h6,8-9,17H,4-5,7,10-13H2,1-3H3,(H2,25,26,27). The second kappa shape index (κ2) is 13.1. The summed E-state index contributed by atoms with van der Waals surface area (Å²) in [4.78, 5) is 5.54. The first-order valence-corrected chi connectivity index (χ1v) is 9.63. The molecule has 0 aliphatic carbocycles. The molecule has 0 aromatic heterocycles. The lowest BCUT2D eigenvalue weighted by Crippen LogP contribution is -2.39. The van der Waals surface area contributed by atoms with E-state index in [1.807, 2.05) is 6.92 Å². The molecule has 0 aliphatic rings. The maximum absolute atomic E-state index is 12.8. The van der Waals surface area contributed by atoms with E-state index in [9.17, 15) is 22.0 Å². The second-order valence-corrected chi connectivity index (χ2v) is 6.38. The maximum atomic E-state index is 12.8. The van der Waals surface area contributed by atoms with Gasteiger partial charge < -0.3 is 20.1 Å². The highest BCUT2D eigenvalue weighted by molar-refractivity contribution is 5.79. The molecule has 0 spiro atoms. The summed E-state index contributed by atoms with van der Waals surface area (Å²) in [7, 11) is 1.41. The number of nitrogens with zero attached hydrogens (tertiary/aromatic N) is 2. The summed E-state index contributed by atoms with van der Waals surface area (Å²) in [5.41, 5.74) is 0.420. The number of halogens is 5. The van der Waals surface area contributed by atoms with Crippen LogP contribution in [-0.2, 0) is 6.54 Å². The van der Waals surface area contributed by atoms with Crippen molar-refractivity contribution in [3.05, 3.63) is 23.8 Å². The average molecular weight is 440 g/mol. The molecule has 0 aliphatic heterocycles. The van der Waals surface area contributed by atoms with Crippen LogP contribution in [0, 0.1) is 0 Å². The zero-order chi connectivity index (χ0) is 22.6. The van der Waals surface area contributed by atoms with Gasteiger partial charge in [-0.3, -0.25) is 4.90 Å². The van der Waals surface area contributed by atoms with Gasteiger partial charge in [-0.1, -0.05) is 12.1 Å². The Bertz CT molecular complexity index is 656. The van der Waals surface area contributed by atoms with Crippen molar-refractivity contribution in [1.29, 1.82) is 0 Å². The van der Waals surface area contributed by atoms with Gasteiger partial charge in [0.25, 0.3) is 0 Å². The topological polar surface area (TPSA) is 58.1 Å². The Hall–Kier alpha value is -2.30. The Morgan fingerprint density at radius 2 is 1.93 bits per heavy atom. The van der Waals surface area contributed by atoms with Crippen LogP contribution in [0.15, 0.2) is 23.2 Å². The number of hydrogen-bond acceptors (Lipinski definition) is 4. The molecule has 0 amide bonds. The first-order chi connectivity index (χ1) is 14.2. The van der Waals surface area contributed by atoms with Gasteiger partial charge in [0.1, 0.15) is 0 Å². The lowest BCUT2D eigenvalue weighted by atomic mass is 10.2. The molecule has 2 N–H and O–H groups in total. The molecule has 0 saturated carbocycles. The number of alkyl halides is 5. The molecule has 0 heterocycles. The minimum absolute atomic E-state index is 0.0479. The molecule has 0 fully saturated rings. The maximum Gasteiger partial charge on any atom is 0.401 e. The van der Waals surface area contributed by atoms with Gasteiger partial charge in [0.2, 0.25) is 0 Å². The molecule has 0 unspecified atom stereocenters. The SMILES string of the molecule is CCNC(=NCc1cccc(OCC)c1OC(F)F)NCCCN(C)CC(F)(F)F. The van der Waals surface area contributed by atoms with Crippen molar-refractivity contribution in [2.75, 3.05) is 39.8 Å². The normalized spacial score (nSPS) is 12.4. The number of benzene rings is 1. The predicted molar refractivity (Wildman–Crippen MR) is 105 cm³/mol. The molecule has 0 atom stereocenters. The van der Waals surface area contributed by atoms with Gasteiger partial charge in [0.05, 0.1) is 19.7 Å². The predicted octanol–water partition coefficient (Wildman–Crippen LogP) is 3.63. The van der Waals surface area contributed by atoms with E-state index in [4.69, 9.17) is 4.74 Å². The summed E-state index contributed by atoms with van der Waals surface area (Å²) < 4.78 is 72.6. The average Bonchev–Trinajstić information content (AvgIpc) is 2.63. The zero-order valence-corrected chi connectivity index (χ0v) is 17.4. The number of nitrogens with one attached hydrogen (secondary N) is 2. The van der Waals surface area contributed by atoms with Crippen molar-refractivity contribution in [1.82, 2.24) is 15.5 Å². The summed E-state index contributed by atoms with van der Waals surface area (Å²) in [6.45, 7) is 1.16. The Labute approximate surface area is 173 Å². The van der Waals surface area contributed by atoms with Gasteiger partial charge in [0.15, 0.2) is 17.5 Å². The van der Waals surface area contributed by atoms with E-state index in [1.165, 1.54) is 18.0 Å². The van der Waals surface area contributed by atoms with E-state index in [0.717, 1.165) is 0 Å². The fourth-order valence-corrected chi connectivity index (χ4v) is 2.62. The molecule has 0 saturated heterocycles. The van der Waals surface area contributed by atoms with Crippen LogP contribution in [0.2, 0.25) is 0 Å². The summed E-state index contributed by atoms with van der Waals surface area (Å²) in [5.74, 6) is 0.555. The molecule has 11 heteroatoms. The minimum Gasteiger partial charge on any atom is -0.490 e. The van der Waals surface area contributed by atoms with Crippen molar-refractivity contribution in [3.63, 3.8) is 0 Å². The molecule has 0 radical (unpaired) electrons. The second-order valence-electron chi connectivity index (χ2n) is 6.38. The molecular formula is C19H29F5N4O2. The van der Waals surface area contributed by atoms with Gasteiger partial charge in [-0.15, -0.1) is 0 Å². The molecule has 0 bridgehead atoms. The third kappa shape index (κ3) is 10.5. The lowest BCUT2D eigenvalue weighted by Gasteiger charge is -2.19. The van der Waals surface area contributed by atoms with Gasteiger partial charge in [-0.2, -0.15) is 22.0 Å². The third-order valence-electron chi connectivity index (χ3n) is 3.78. The largest absolute Gasteiger partial charge is 0.490 e. The highest BCUT2D eigenvalue weighted by Crippen LogP contribution is 2.33. The number of para-hydroxylation sites is 1. The number of hydrogen-bond donors (Lipinski definition) is 2. The molecule has 172 valence electrons. The summed E-state index contributed by atoms with van der Waals surface area (Å²) >= 11 is 0. The van der Waals surface area contributed by atoms with Crippen molar-refractivity contribution in [2.24, 2.45) is 4.99 Å². The van der Waals surface area contributed by atoms with E-state index >= 15 is 0 Å². The van der Waals surface area contributed by atoms with E-state index < -0.39 is 19.3 Å². The van der Waals surface area contributed by atoms with Crippen LogP contribution in [0.1, 0.15) is 25.8 Å². The van der Waals surface area contributed by atoms with Gasteiger partial charge >= 0.3 is 12.8 Å².